The van der Waals surface area contributed by atoms with E-state index >= 15 is 0 Å². The van der Waals surface area contributed by atoms with Crippen molar-refractivity contribution in [1.82, 2.24) is 0 Å². The molecule has 0 rings (SSSR count). The van der Waals surface area contributed by atoms with E-state index in [1.54, 1.807) is 0 Å². The molecule has 0 aliphatic rings. The average molecular weight is 214 g/mol. The number of hydrogen-bond acceptors (Lipinski definition) is 3. The van der Waals surface area contributed by atoms with Gasteiger partial charge < -0.3 is 15.3 Å². The highest BCUT2D eigenvalue weighted by Crippen LogP contribution is 2.08. The van der Waals surface area contributed by atoms with Crippen LogP contribution in [-0.2, 0) is 0 Å². The predicted octanol–water partition coefficient (Wildman–Crippen LogP) is 1.39. The highest BCUT2D eigenvalue weighted by atomic mass is 16.3. The summed E-state index contributed by atoms with van der Waals surface area (Å²) >= 11 is 0. The highest BCUT2D eigenvalue weighted by Gasteiger charge is 2.10. The summed E-state index contributed by atoms with van der Waals surface area (Å²) in [6.45, 7) is 1.92. The summed E-state index contributed by atoms with van der Waals surface area (Å²) in [7, 11) is 0. The summed E-state index contributed by atoms with van der Waals surface area (Å²) in [5.74, 6) is 0. The third-order valence-corrected chi connectivity index (χ3v) is 2.11. The van der Waals surface area contributed by atoms with Crippen molar-refractivity contribution >= 4 is 0 Å². The van der Waals surface area contributed by atoms with Gasteiger partial charge in [-0.1, -0.05) is 24.3 Å². The lowest BCUT2D eigenvalue weighted by Crippen LogP contribution is -2.18. The Bertz CT molecular complexity index is 187. The van der Waals surface area contributed by atoms with Crippen LogP contribution in [0.1, 0.15) is 32.6 Å². The van der Waals surface area contributed by atoms with Gasteiger partial charge in [0, 0.05) is 6.61 Å². The molecule has 0 fully saturated rings. The first-order chi connectivity index (χ1) is 7.20. The molecule has 0 aromatic heterocycles. The van der Waals surface area contributed by atoms with Gasteiger partial charge >= 0.3 is 0 Å². The zero-order chi connectivity index (χ0) is 11.5. The van der Waals surface area contributed by atoms with Gasteiger partial charge in [0.15, 0.2) is 0 Å². The topological polar surface area (TPSA) is 60.7 Å². The Morgan fingerprint density at radius 3 is 2.33 bits per heavy atom. The molecule has 0 saturated carbocycles. The third-order valence-electron chi connectivity index (χ3n) is 2.11. The van der Waals surface area contributed by atoms with Crippen LogP contribution < -0.4 is 0 Å². The maximum Gasteiger partial charge on any atom is 0.0586 e. The Kier molecular flexibility index (Phi) is 9.48. The number of aliphatic hydroxyl groups excluding tert-OH is 3. The fourth-order valence-electron chi connectivity index (χ4n) is 1.27. The van der Waals surface area contributed by atoms with E-state index in [-0.39, 0.29) is 6.61 Å². The molecular weight excluding hydrogens is 192 g/mol. The Balaban J connectivity index is 3.52. The second-order valence-corrected chi connectivity index (χ2v) is 3.59. The molecule has 0 spiro atoms. The first-order valence-corrected chi connectivity index (χ1v) is 5.45. The Morgan fingerprint density at radius 1 is 1.07 bits per heavy atom. The quantitative estimate of drug-likeness (QED) is 0.535. The SMILES string of the molecule is CC=CC=CCCC(O)CC(O)CCO. The molecule has 2 atom stereocenters. The molecular formula is C12H22O3. The fourth-order valence-corrected chi connectivity index (χ4v) is 1.27. The molecule has 0 radical (unpaired) electrons. The molecule has 3 N–H and O–H groups in total. The molecule has 0 saturated heterocycles. The van der Waals surface area contributed by atoms with E-state index in [2.05, 4.69) is 0 Å². The van der Waals surface area contributed by atoms with Crippen LogP contribution in [0.4, 0.5) is 0 Å². The molecule has 0 aromatic carbocycles. The maximum atomic E-state index is 9.51. The lowest BCUT2D eigenvalue weighted by molar-refractivity contribution is 0.0608. The van der Waals surface area contributed by atoms with Crippen LogP contribution in [0, 0.1) is 0 Å². The monoisotopic (exact) mass is 214 g/mol. The molecule has 3 heteroatoms. The van der Waals surface area contributed by atoms with Crippen molar-refractivity contribution in [2.45, 2.75) is 44.8 Å². The van der Waals surface area contributed by atoms with Crippen molar-refractivity contribution < 1.29 is 15.3 Å². The lowest BCUT2D eigenvalue weighted by atomic mass is 10.1. The van der Waals surface area contributed by atoms with Crippen LogP contribution in [-0.4, -0.2) is 34.1 Å². The van der Waals surface area contributed by atoms with Crippen LogP contribution in [0.25, 0.3) is 0 Å². The third kappa shape index (κ3) is 9.66. The van der Waals surface area contributed by atoms with Gasteiger partial charge in [-0.25, -0.2) is 0 Å². The molecule has 0 amide bonds. The highest BCUT2D eigenvalue weighted by molar-refractivity contribution is 5.00. The standard InChI is InChI=1S/C12H22O3/c1-2-3-4-5-6-7-11(14)10-12(15)8-9-13/h2-5,11-15H,6-10H2,1H3. The van der Waals surface area contributed by atoms with Crippen molar-refractivity contribution in [3.05, 3.63) is 24.3 Å². The second kappa shape index (κ2) is 9.90. The van der Waals surface area contributed by atoms with E-state index in [4.69, 9.17) is 5.11 Å². The van der Waals surface area contributed by atoms with Crippen LogP contribution in [0.2, 0.25) is 0 Å². The van der Waals surface area contributed by atoms with Gasteiger partial charge in [0.1, 0.15) is 0 Å². The van der Waals surface area contributed by atoms with Crippen molar-refractivity contribution in [3.8, 4) is 0 Å². The minimum atomic E-state index is -0.593. The molecule has 0 bridgehead atoms. The Morgan fingerprint density at radius 2 is 1.73 bits per heavy atom. The lowest BCUT2D eigenvalue weighted by Gasteiger charge is -2.13. The van der Waals surface area contributed by atoms with Gasteiger partial charge in [0.05, 0.1) is 12.2 Å². The number of rotatable bonds is 8. The minimum absolute atomic E-state index is 0.0327. The van der Waals surface area contributed by atoms with Crippen LogP contribution in [0.3, 0.4) is 0 Å². The van der Waals surface area contributed by atoms with Gasteiger partial charge in [-0.3, -0.25) is 0 Å². The van der Waals surface area contributed by atoms with Crippen LogP contribution in [0.5, 0.6) is 0 Å². The Hall–Kier alpha value is -0.640. The van der Waals surface area contributed by atoms with E-state index in [9.17, 15) is 10.2 Å². The molecule has 15 heavy (non-hydrogen) atoms. The molecule has 0 aliphatic carbocycles. The van der Waals surface area contributed by atoms with E-state index in [0.717, 1.165) is 6.42 Å². The molecule has 3 nitrogen and oxygen atoms in total. The van der Waals surface area contributed by atoms with Crippen LogP contribution >= 0.6 is 0 Å². The first-order valence-electron chi connectivity index (χ1n) is 5.45. The van der Waals surface area contributed by atoms with E-state index in [1.807, 2.05) is 31.2 Å². The van der Waals surface area contributed by atoms with Crippen molar-refractivity contribution in [1.29, 1.82) is 0 Å². The van der Waals surface area contributed by atoms with Crippen molar-refractivity contribution in [2.24, 2.45) is 0 Å². The summed E-state index contributed by atoms with van der Waals surface area (Å²) < 4.78 is 0. The minimum Gasteiger partial charge on any atom is -0.396 e. The van der Waals surface area contributed by atoms with E-state index < -0.39 is 12.2 Å². The fraction of sp³-hybridized carbons (Fsp3) is 0.667. The smallest absolute Gasteiger partial charge is 0.0586 e. The Labute approximate surface area is 91.8 Å². The molecule has 0 aromatic rings. The van der Waals surface area contributed by atoms with Crippen molar-refractivity contribution in [3.63, 3.8) is 0 Å². The van der Waals surface area contributed by atoms with Gasteiger partial charge in [-0.05, 0) is 32.6 Å². The largest absolute Gasteiger partial charge is 0.396 e. The number of aliphatic hydroxyl groups is 3. The number of allylic oxidation sites excluding steroid dienone is 4. The summed E-state index contributed by atoms with van der Waals surface area (Å²) in [5, 5.41) is 27.4. The maximum absolute atomic E-state index is 9.51. The molecule has 2 unspecified atom stereocenters. The van der Waals surface area contributed by atoms with Crippen LogP contribution in [0.15, 0.2) is 24.3 Å². The van der Waals surface area contributed by atoms with Gasteiger partial charge in [-0.2, -0.15) is 0 Å². The average Bonchev–Trinajstić information content (AvgIpc) is 2.17. The summed E-state index contributed by atoms with van der Waals surface area (Å²) in [6, 6.07) is 0. The molecule has 0 heterocycles. The second-order valence-electron chi connectivity index (χ2n) is 3.59. The zero-order valence-electron chi connectivity index (χ0n) is 9.34. The van der Waals surface area contributed by atoms with Crippen molar-refractivity contribution in [2.75, 3.05) is 6.61 Å². The summed E-state index contributed by atoms with van der Waals surface area (Å²) in [4.78, 5) is 0. The molecule has 88 valence electrons. The zero-order valence-corrected chi connectivity index (χ0v) is 9.34. The number of hydrogen-bond donors (Lipinski definition) is 3. The van der Waals surface area contributed by atoms with Gasteiger partial charge in [0.25, 0.3) is 0 Å². The van der Waals surface area contributed by atoms with Gasteiger partial charge in [-0.15, -0.1) is 0 Å². The van der Waals surface area contributed by atoms with Gasteiger partial charge in [0.2, 0.25) is 0 Å². The summed E-state index contributed by atoms with van der Waals surface area (Å²) in [5.41, 5.74) is 0. The summed E-state index contributed by atoms with van der Waals surface area (Å²) in [6.07, 6.45) is 8.87. The molecule has 0 aliphatic heterocycles. The van der Waals surface area contributed by atoms with E-state index in [1.165, 1.54) is 0 Å². The predicted molar refractivity (Wildman–Crippen MR) is 61.5 cm³/mol. The first kappa shape index (κ1) is 14.4. The normalized spacial score (nSPS) is 16.3. The van der Waals surface area contributed by atoms with E-state index in [0.29, 0.717) is 19.3 Å².